The Balaban J connectivity index is 3.02. The maximum atomic E-state index is 2.31. The smallest absolute Gasteiger partial charge is 0.0214 e. The van der Waals surface area contributed by atoms with E-state index >= 15 is 0 Å². The Morgan fingerprint density at radius 1 is 1.18 bits per heavy atom. The predicted molar refractivity (Wildman–Crippen MR) is 54.2 cm³/mol. The summed E-state index contributed by atoms with van der Waals surface area (Å²) in [6, 6.07) is 8.75. The quantitative estimate of drug-likeness (QED) is 0.592. The Morgan fingerprint density at radius 2 is 1.82 bits per heavy atom. The molecule has 1 heteroatoms. The second-order valence-corrected chi connectivity index (χ2v) is 5.15. The average molecular weight is 166 g/mol. The maximum absolute atomic E-state index is 2.31. The van der Waals surface area contributed by atoms with Crippen molar-refractivity contribution in [2.24, 2.45) is 0 Å². The minimum Gasteiger partial charge on any atom is -0.0814 e. The van der Waals surface area contributed by atoms with E-state index in [1.54, 1.807) is 5.30 Å². The molecule has 0 N–H and O–H groups in total. The van der Waals surface area contributed by atoms with Crippen LogP contribution in [0.2, 0.25) is 0 Å². The molecule has 0 radical (unpaired) electrons. The van der Waals surface area contributed by atoms with Crippen LogP contribution in [0.1, 0.15) is 12.5 Å². The highest BCUT2D eigenvalue weighted by Crippen LogP contribution is 2.25. The number of hydrogen-bond donors (Lipinski definition) is 0. The zero-order valence-electron chi connectivity index (χ0n) is 7.46. The largest absolute Gasteiger partial charge is 0.0814 e. The van der Waals surface area contributed by atoms with Crippen LogP contribution in [0.4, 0.5) is 0 Å². The number of rotatable bonds is 2. The molecule has 0 saturated heterocycles. The number of hydrogen-bond acceptors (Lipinski definition) is 0. The Labute approximate surface area is 70.4 Å². The Hall–Kier alpha value is -0.350. The first kappa shape index (κ1) is 8.74. The van der Waals surface area contributed by atoms with Crippen molar-refractivity contribution < 1.29 is 0 Å². The van der Waals surface area contributed by atoms with Gasteiger partial charge in [0.2, 0.25) is 0 Å². The minimum atomic E-state index is 0.0778. The summed E-state index contributed by atoms with van der Waals surface area (Å²) in [5, 5.41) is 1.56. The van der Waals surface area contributed by atoms with Gasteiger partial charge >= 0.3 is 0 Å². The standard InChI is InChI=1S/C10H15P/c1-4-9-7-5-6-8-10(9)11(2)3/h5-8H,4H2,1-3H3. The van der Waals surface area contributed by atoms with E-state index < -0.39 is 0 Å². The second-order valence-electron chi connectivity index (χ2n) is 2.88. The van der Waals surface area contributed by atoms with Gasteiger partial charge in [0.25, 0.3) is 0 Å². The first-order valence-corrected chi connectivity index (χ1v) is 6.24. The van der Waals surface area contributed by atoms with E-state index in [1.165, 1.54) is 5.56 Å². The summed E-state index contributed by atoms with van der Waals surface area (Å²) >= 11 is 0. The van der Waals surface area contributed by atoms with E-state index in [0.29, 0.717) is 0 Å². The Bertz CT molecular complexity index is 228. The van der Waals surface area contributed by atoms with E-state index in [4.69, 9.17) is 0 Å². The van der Waals surface area contributed by atoms with Crippen LogP contribution in [0.5, 0.6) is 0 Å². The van der Waals surface area contributed by atoms with Gasteiger partial charge in [-0.2, -0.15) is 0 Å². The molecule has 0 fully saturated rings. The van der Waals surface area contributed by atoms with Crippen LogP contribution >= 0.6 is 7.92 Å². The molecular weight excluding hydrogens is 151 g/mol. The van der Waals surface area contributed by atoms with Gasteiger partial charge in [-0.15, -0.1) is 0 Å². The van der Waals surface area contributed by atoms with Gasteiger partial charge in [-0.3, -0.25) is 0 Å². The van der Waals surface area contributed by atoms with Crippen LogP contribution in [0, 0.1) is 0 Å². The molecule has 0 aliphatic heterocycles. The summed E-state index contributed by atoms with van der Waals surface area (Å²) in [7, 11) is 0.0778. The van der Waals surface area contributed by atoms with Gasteiger partial charge in [0.15, 0.2) is 0 Å². The van der Waals surface area contributed by atoms with Crippen LogP contribution in [-0.4, -0.2) is 13.3 Å². The fourth-order valence-corrected chi connectivity index (χ4v) is 2.44. The van der Waals surface area contributed by atoms with Crippen molar-refractivity contribution in [1.29, 1.82) is 0 Å². The van der Waals surface area contributed by atoms with Gasteiger partial charge in [0.1, 0.15) is 0 Å². The molecule has 0 nitrogen and oxygen atoms in total. The van der Waals surface area contributed by atoms with Gasteiger partial charge in [0.05, 0.1) is 0 Å². The minimum absolute atomic E-state index is 0.0778. The molecule has 0 aliphatic carbocycles. The molecule has 11 heavy (non-hydrogen) atoms. The normalized spacial score (nSPS) is 10.5. The van der Waals surface area contributed by atoms with Gasteiger partial charge in [0, 0.05) is 0 Å². The third-order valence-corrected chi connectivity index (χ3v) is 3.25. The molecule has 60 valence electrons. The van der Waals surface area contributed by atoms with E-state index in [0.717, 1.165) is 6.42 Å². The van der Waals surface area contributed by atoms with Crippen molar-refractivity contribution in [1.82, 2.24) is 0 Å². The molecular formula is C10H15P. The van der Waals surface area contributed by atoms with E-state index in [-0.39, 0.29) is 7.92 Å². The molecule has 0 atom stereocenters. The van der Waals surface area contributed by atoms with Crippen molar-refractivity contribution in [3.63, 3.8) is 0 Å². The summed E-state index contributed by atoms with van der Waals surface area (Å²) in [5.74, 6) is 0. The molecule has 1 aromatic rings. The molecule has 0 spiro atoms. The zero-order valence-corrected chi connectivity index (χ0v) is 8.36. The third kappa shape index (κ3) is 2.04. The Morgan fingerprint density at radius 3 is 2.27 bits per heavy atom. The highest BCUT2D eigenvalue weighted by atomic mass is 31.1. The van der Waals surface area contributed by atoms with Crippen LogP contribution in [-0.2, 0) is 6.42 Å². The van der Waals surface area contributed by atoms with Crippen LogP contribution in [0.15, 0.2) is 24.3 Å². The molecule has 0 saturated carbocycles. The highest BCUT2D eigenvalue weighted by Gasteiger charge is 2.01. The molecule has 0 bridgehead atoms. The lowest BCUT2D eigenvalue weighted by atomic mass is 10.2. The third-order valence-electron chi connectivity index (χ3n) is 1.85. The molecule has 1 rings (SSSR count). The van der Waals surface area contributed by atoms with Crippen LogP contribution in [0.3, 0.4) is 0 Å². The second kappa shape index (κ2) is 3.88. The molecule has 0 aliphatic rings. The first-order valence-electron chi connectivity index (χ1n) is 4.01. The average Bonchev–Trinajstić information content (AvgIpc) is 2.04. The lowest BCUT2D eigenvalue weighted by Gasteiger charge is -2.10. The van der Waals surface area contributed by atoms with Crippen LogP contribution in [0.25, 0.3) is 0 Å². The van der Waals surface area contributed by atoms with Crippen molar-refractivity contribution in [3.8, 4) is 0 Å². The lowest BCUT2D eigenvalue weighted by Crippen LogP contribution is -2.05. The fraction of sp³-hybridized carbons (Fsp3) is 0.400. The fourth-order valence-electron chi connectivity index (χ4n) is 1.25. The van der Waals surface area contributed by atoms with Crippen molar-refractivity contribution >= 4 is 13.2 Å². The molecule has 1 aromatic carbocycles. The summed E-state index contributed by atoms with van der Waals surface area (Å²) in [4.78, 5) is 0. The molecule has 0 amide bonds. The van der Waals surface area contributed by atoms with E-state index in [9.17, 15) is 0 Å². The van der Waals surface area contributed by atoms with E-state index in [2.05, 4.69) is 44.5 Å². The first-order chi connectivity index (χ1) is 5.25. The van der Waals surface area contributed by atoms with E-state index in [1.807, 2.05) is 0 Å². The van der Waals surface area contributed by atoms with Crippen molar-refractivity contribution in [3.05, 3.63) is 29.8 Å². The van der Waals surface area contributed by atoms with Gasteiger partial charge < -0.3 is 0 Å². The maximum Gasteiger partial charge on any atom is -0.0214 e. The highest BCUT2D eigenvalue weighted by molar-refractivity contribution is 7.64. The zero-order chi connectivity index (χ0) is 8.27. The summed E-state index contributed by atoms with van der Waals surface area (Å²) in [6.45, 7) is 6.84. The Kier molecular flexibility index (Phi) is 3.08. The topological polar surface area (TPSA) is 0 Å². The predicted octanol–water partition coefficient (Wildman–Crippen LogP) is 2.62. The number of benzene rings is 1. The summed E-state index contributed by atoms with van der Waals surface area (Å²) < 4.78 is 0. The number of aryl methyl sites for hydroxylation is 1. The van der Waals surface area contributed by atoms with Crippen LogP contribution < -0.4 is 5.30 Å². The molecule has 0 aromatic heterocycles. The van der Waals surface area contributed by atoms with Gasteiger partial charge in [-0.05, 0) is 30.6 Å². The lowest BCUT2D eigenvalue weighted by molar-refractivity contribution is 1.15. The van der Waals surface area contributed by atoms with Crippen molar-refractivity contribution in [2.45, 2.75) is 13.3 Å². The summed E-state index contributed by atoms with van der Waals surface area (Å²) in [5.41, 5.74) is 1.52. The summed E-state index contributed by atoms with van der Waals surface area (Å²) in [6.07, 6.45) is 1.16. The monoisotopic (exact) mass is 166 g/mol. The van der Waals surface area contributed by atoms with Gasteiger partial charge in [-0.25, -0.2) is 0 Å². The molecule has 0 unspecified atom stereocenters. The van der Waals surface area contributed by atoms with Crippen molar-refractivity contribution in [2.75, 3.05) is 13.3 Å². The van der Waals surface area contributed by atoms with Gasteiger partial charge in [-0.1, -0.05) is 39.1 Å². The SMILES string of the molecule is CCc1ccccc1P(C)C. The molecule has 0 heterocycles.